The van der Waals surface area contributed by atoms with Gasteiger partial charge in [0.25, 0.3) is 0 Å². The van der Waals surface area contributed by atoms with Gasteiger partial charge in [-0.3, -0.25) is 0 Å². The van der Waals surface area contributed by atoms with E-state index in [4.69, 9.17) is 15.9 Å². The molecule has 0 aliphatic rings. The third-order valence-electron chi connectivity index (χ3n) is 1.08. The fourth-order valence-electron chi connectivity index (χ4n) is 0.397. The van der Waals surface area contributed by atoms with Gasteiger partial charge in [0.2, 0.25) is 0 Å². The Morgan fingerprint density at radius 1 is 1.40 bits per heavy atom. The zero-order valence-electron chi connectivity index (χ0n) is 6.26. The number of rotatable bonds is 2. The van der Waals surface area contributed by atoms with E-state index in [2.05, 4.69) is 0 Å². The summed E-state index contributed by atoms with van der Waals surface area (Å²) in [6.45, 7) is 3.58. The second-order valence-corrected chi connectivity index (χ2v) is 2.17. The Hall–Kier alpha value is -0.960. The van der Waals surface area contributed by atoms with Gasteiger partial charge in [-0.25, -0.2) is 0 Å². The first-order valence-corrected chi connectivity index (χ1v) is 3.04. The van der Waals surface area contributed by atoms with Crippen LogP contribution < -0.4 is 5.73 Å². The van der Waals surface area contributed by atoms with Crippen LogP contribution in [0.1, 0.15) is 13.8 Å². The molecule has 0 rings (SSSR count). The predicted molar refractivity (Wildman–Crippen MR) is 40.8 cm³/mol. The molecule has 0 radical (unpaired) electrons. The molecule has 0 aliphatic heterocycles. The summed E-state index contributed by atoms with van der Waals surface area (Å²) in [5, 5.41) is 17.6. The van der Waals surface area contributed by atoms with Gasteiger partial charge in [-0.1, -0.05) is 5.57 Å². The number of aliphatic hydroxyl groups is 2. The molecule has 3 nitrogen and oxygen atoms in total. The Bertz CT molecular complexity index is 166. The van der Waals surface area contributed by atoms with Crippen molar-refractivity contribution in [1.29, 1.82) is 0 Å². The van der Waals surface area contributed by atoms with E-state index in [0.717, 1.165) is 5.57 Å². The summed E-state index contributed by atoms with van der Waals surface area (Å²) in [6, 6.07) is 0. The van der Waals surface area contributed by atoms with Gasteiger partial charge in [0, 0.05) is 6.54 Å². The Morgan fingerprint density at radius 2 is 1.90 bits per heavy atom. The minimum Gasteiger partial charge on any atom is -0.509 e. The fourth-order valence-corrected chi connectivity index (χ4v) is 0.397. The maximum atomic E-state index is 8.93. The highest BCUT2D eigenvalue weighted by molar-refractivity contribution is 5.18. The standard InChI is InChI=1S/C7H13NO2/c1-5(4-8)3-7(10)6(2)9/h3,9-10H,4,8H2,1-2H3/b5-3+,7-6-. The predicted octanol–water partition coefficient (Wildman–Crippen LogP) is 1.24. The largest absolute Gasteiger partial charge is 0.509 e. The van der Waals surface area contributed by atoms with Crippen LogP contribution in [0.15, 0.2) is 23.2 Å². The lowest BCUT2D eigenvalue weighted by molar-refractivity contribution is 0.339. The van der Waals surface area contributed by atoms with E-state index in [9.17, 15) is 0 Å². The zero-order valence-corrected chi connectivity index (χ0v) is 6.26. The van der Waals surface area contributed by atoms with Crippen molar-refractivity contribution in [2.75, 3.05) is 6.54 Å². The van der Waals surface area contributed by atoms with Crippen molar-refractivity contribution in [2.24, 2.45) is 5.73 Å². The number of allylic oxidation sites excluding steroid dienone is 2. The minimum absolute atomic E-state index is 0.0900. The van der Waals surface area contributed by atoms with Gasteiger partial charge in [-0.05, 0) is 19.9 Å². The van der Waals surface area contributed by atoms with Crippen LogP contribution in [-0.4, -0.2) is 16.8 Å². The molecule has 0 amide bonds. The Labute approximate surface area is 60.5 Å². The van der Waals surface area contributed by atoms with Crippen LogP contribution >= 0.6 is 0 Å². The number of nitrogens with two attached hydrogens (primary N) is 1. The lowest BCUT2D eigenvalue weighted by Gasteiger charge is -1.96. The first kappa shape index (κ1) is 9.04. The summed E-state index contributed by atoms with van der Waals surface area (Å²) in [6.07, 6.45) is 1.44. The van der Waals surface area contributed by atoms with Crippen LogP contribution in [-0.2, 0) is 0 Å². The third kappa shape index (κ3) is 3.14. The van der Waals surface area contributed by atoms with Crippen LogP contribution in [0.3, 0.4) is 0 Å². The second-order valence-electron chi connectivity index (χ2n) is 2.17. The second kappa shape index (κ2) is 3.95. The molecule has 0 aromatic carbocycles. The molecule has 0 aliphatic carbocycles. The Kier molecular flexibility index (Phi) is 3.57. The SMILES string of the molecule is C/C(O)=C(O)\C=C(/C)CN. The molecule has 58 valence electrons. The monoisotopic (exact) mass is 143 g/mol. The summed E-state index contributed by atoms with van der Waals surface area (Å²) >= 11 is 0. The highest BCUT2D eigenvalue weighted by Crippen LogP contribution is 2.01. The molecule has 10 heavy (non-hydrogen) atoms. The Morgan fingerprint density at radius 3 is 2.20 bits per heavy atom. The molecule has 0 spiro atoms. The van der Waals surface area contributed by atoms with Crippen molar-refractivity contribution < 1.29 is 10.2 Å². The Balaban J connectivity index is 4.27. The third-order valence-corrected chi connectivity index (χ3v) is 1.08. The molecule has 0 heterocycles. The molecule has 4 N–H and O–H groups in total. The lowest BCUT2D eigenvalue weighted by Crippen LogP contribution is -2.00. The number of aliphatic hydroxyl groups excluding tert-OH is 2. The van der Waals surface area contributed by atoms with Gasteiger partial charge in [0.1, 0.15) is 5.76 Å². The topological polar surface area (TPSA) is 66.5 Å². The van der Waals surface area contributed by atoms with Crippen LogP contribution in [0.4, 0.5) is 0 Å². The van der Waals surface area contributed by atoms with Crippen LogP contribution in [0.5, 0.6) is 0 Å². The molecule has 0 saturated heterocycles. The van der Waals surface area contributed by atoms with Crippen molar-refractivity contribution in [2.45, 2.75) is 13.8 Å². The van der Waals surface area contributed by atoms with Gasteiger partial charge >= 0.3 is 0 Å². The van der Waals surface area contributed by atoms with E-state index in [1.807, 2.05) is 0 Å². The molecule has 0 fully saturated rings. The van der Waals surface area contributed by atoms with Crippen molar-refractivity contribution in [3.05, 3.63) is 23.2 Å². The molecule has 0 aromatic rings. The van der Waals surface area contributed by atoms with Gasteiger partial charge < -0.3 is 15.9 Å². The van der Waals surface area contributed by atoms with Crippen molar-refractivity contribution in [3.63, 3.8) is 0 Å². The van der Waals surface area contributed by atoms with E-state index in [1.54, 1.807) is 6.92 Å². The molecular weight excluding hydrogens is 130 g/mol. The lowest BCUT2D eigenvalue weighted by atomic mass is 10.2. The van der Waals surface area contributed by atoms with Gasteiger partial charge in [-0.2, -0.15) is 0 Å². The molecule has 3 heteroatoms. The highest BCUT2D eigenvalue weighted by Gasteiger charge is 1.92. The minimum atomic E-state index is -0.122. The molecule has 0 atom stereocenters. The molecular formula is C7H13NO2. The zero-order chi connectivity index (χ0) is 8.15. The first-order chi connectivity index (χ1) is 4.57. The maximum absolute atomic E-state index is 8.93. The van der Waals surface area contributed by atoms with E-state index in [-0.39, 0.29) is 11.5 Å². The molecule has 0 unspecified atom stereocenters. The average Bonchev–Trinajstić information content (AvgIpc) is 1.87. The van der Waals surface area contributed by atoms with Crippen molar-refractivity contribution >= 4 is 0 Å². The van der Waals surface area contributed by atoms with Gasteiger partial charge in [-0.15, -0.1) is 0 Å². The van der Waals surface area contributed by atoms with E-state index >= 15 is 0 Å². The molecule has 0 saturated carbocycles. The van der Waals surface area contributed by atoms with Crippen LogP contribution in [0.25, 0.3) is 0 Å². The fraction of sp³-hybridized carbons (Fsp3) is 0.429. The van der Waals surface area contributed by atoms with Crippen LogP contribution in [0, 0.1) is 0 Å². The van der Waals surface area contributed by atoms with Gasteiger partial charge in [0.15, 0.2) is 5.76 Å². The normalized spacial score (nSPS) is 14.9. The first-order valence-electron chi connectivity index (χ1n) is 3.04. The summed E-state index contributed by atoms with van der Waals surface area (Å²) in [4.78, 5) is 0. The average molecular weight is 143 g/mol. The summed E-state index contributed by atoms with van der Waals surface area (Å²) in [5.74, 6) is -0.212. The summed E-state index contributed by atoms with van der Waals surface area (Å²) < 4.78 is 0. The van der Waals surface area contributed by atoms with Crippen LogP contribution in [0.2, 0.25) is 0 Å². The maximum Gasteiger partial charge on any atom is 0.152 e. The van der Waals surface area contributed by atoms with E-state index < -0.39 is 0 Å². The van der Waals surface area contributed by atoms with E-state index in [1.165, 1.54) is 13.0 Å². The summed E-state index contributed by atoms with van der Waals surface area (Å²) in [5.41, 5.74) is 6.06. The number of hydrogen-bond acceptors (Lipinski definition) is 3. The highest BCUT2D eigenvalue weighted by atomic mass is 16.3. The van der Waals surface area contributed by atoms with Gasteiger partial charge in [0.05, 0.1) is 0 Å². The molecule has 0 bridgehead atoms. The van der Waals surface area contributed by atoms with E-state index in [0.29, 0.717) is 6.54 Å². The molecule has 0 aromatic heterocycles. The number of hydrogen-bond donors (Lipinski definition) is 3. The summed E-state index contributed by atoms with van der Waals surface area (Å²) in [7, 11) is 0. The van der Waals surface area contributed by atoms with Crippen molar-refractivity contribution in [1.82, 2.24) is 0 Å². The smallest absolute Gasteiger partial charge is 0.152 e. The quantitative estimate of drug-likeness (QED) is 0.402. The van der Waals surface area contributed by atoms with Crippen molar-refractivity contribution in [3.8, 4) is 0 Å².